The number of benzene rings is 1. The van der Waals surface area contributed by atoms with Gasteiger partial charge in [0.05, 0.1) is 0 Å². The molecule has 0 aromatic heterocycles. The first-order valence-corrected chi connectivity index (χ1v) is 4.84. The Hall–Kier alpha value is -0.470. The Morgan fingerprint density at radius 1 is 1.54 bits per heavy atom. The van der Waals surface area contributed by atoms with E-state index in [-0.39, 0.29) is 5.78 Å². The van der Waals surface area contributed by atoms with Gasteiger partial charge in [0.2, 0.25) is 0 Å². The zero-order chi connectivity index (χ0) is 10.0. The van der Waals surface area contributed by atoms with Crippen LogP contribution in [0, 0.1) is 6.92 Å². The van der Waals surface area contributed by atoms with Gasteiger partial charge in [-0.15, -0.1) is 24.2 Å². The van der Waals surface area contributed by atoms with Crippen molar-refractivity contribution in [2.24, 2.45) is 0 Å². The van der Waals surface area contributed by atoms with E-state index in [0.29, 0.717) is 0 Å². The predicted octanol–water partition coefficient (Wildman–Crippen LogP) is 3.15. The third-order valence-corrected chi connectivity index (χ3v) is 2.93. The van der Waals surface area contributed by atoms with Gasteiger partial charge in [0.1, 0.15) is 5.38 Å². The second kappa shape index (κ2) is 4.16. The van der Waals surface area contributed by atoms with Crippen molar-refractivity contribution in [3.8, 4) is 0 Å². The molecule has 1 aromatic carbocycles. The first-order valence-electron chi connectivity index (χ1n) is 3.96. The van der Waals surface area contributed by atoms with Crippen LogP contribution >= 0.6 is 24.2 Å². The number of ketones is 1. The molecule has 3 heteroatoms. The zero-order valence-corrected chi connectivity index (χ0v) is 9.19. The minimum absolute atomic E-state index is 0.0343. The van der Waals surface area contributed by atoms with Crippen molar-refractivity contribution in [3.05, 3.63) is 29.3 Å². The number of aryl methyl sites for hydroxylation is 1. The van der Waals surface area contributed by atoms with Crippen LogP contribution in [0.1, 0.15) is 23.4 Å². The van der Waals surface area contributed by atoms with E-state index < -0.39 is 5.38 Å². The molecule has 1 unspecified atom stereocenters. The van der Waals surface area contributed by atoms with Gasteiger partial charge in [-0.05, 0) is 31.0 Å². The number of alkyl halides is 1. The lowest BCUT2D eigenvalue weighted by Gasteiger charge is -2.07. The number of Topliss-reactive ketones (excluding diaryl/α,β-unsaturated/α-hetero) is 1. The largest absolute Gasteiger partial charge is 0.298 e. The summed E-state index contributed by atoms with van der Waals surface area (Å²) in [5, 5.41) is -0.535. The molecule has 1 nitrogen and oxygen atoms in total. The van der Waals surface area contributed by atoms with Gasteiger partial charge in [-0.2, -0.15) is 0 Å². The molecular weight excluding hydrogens is 204 g/mol. The van der Waals surface area contributed by atoms with E-state index in [9.17, 15) is 4.79 Å². The van der Waals surface area contributed by atoms with Crippen LogP contribution in [0.25, 0.3) is 0 Å². The summed E-state index contributed by atoms with van der Waals surface area (Å²) in [6.45, 7) is 3.43. The fraction of sp³-hybridized carbons (Fsp3) is 0.300. The van der Waals surface area contributed by atoms with Crippen LogP contribution < -0.4 is 0 Å². The average Bonchev–Trinajstić information content (AvgIpc) is 2.08. The maximum absolute atomic E-state index is 11.0. The molecule has 0 aliphatic heterocycles. The summed E-state index contributed by atoms with van der Waals surface area (Å²) in [5.74, 6) is -0.0343. The predicted molar refractivity (Wildman–Crippen MR) is 57.7 cm³/mol. The van der Waals surface area contributed by atoms with E-state index in [0.717, 1.165) is 16.0 Å². The summed E-state index contributed by atoms with van der Waals surface area (Å²) in [4.78, 5) is 11.9. The van der Waals surface area contributed by atoms with Crippen LogP contribution in [0.3, 0.4) is 0 Å². The molecule has 0 saturated carbocycles. The van der Waals surface area contributed by atoms with Crippen molar-refractivity contribution in [1.82, 2.24) is 0 Å². The summed E-state index contributed by atoms with van der Waals surface area (Å²) < 4.78 is 0. The van der Waals surface area contributed by atoms with Crippen LogP contribution in [0.5, 0.6) is 0 Å². The molecule has 13 heavy (non-hydrogen) atoms. The van der Waals surface area contributed by atoms with Crippen LogP contribution in [0.4, 0.5) is 0 Å². The second-order valence-electron chi connectivity index (χ2n) is 3.02. The van der Waals surface area contributed by atoms with Crippen molar-refractivity contribution >= 4 is 30.0 Å². The van der Waals surface area contributed by atoms with E-state index in [1.807, 2.05) is 25.1 Å². The van der Waals surface area contributed by atoms with Gasteiger partial charge >= 0.3 is 0 Å². The third-order valence-electron chi connectivity index (χ3n) is 1.87. The highest BCUT2D eigenvalue weighted by Gasteiger charge is 2.12. The van der Waals surface area contributed by atoms with Gasteiger partial charge in [0, 0.05) is 4.90 Å². The highest BCUT2D eigenvalue weighted by atomic mass is 35.5. The van der Waals surface area contributed by atoms with E-state index in [4.69, 9.17) is 11.6 Å². The van der Waals surface area contributed by atoms with Crippen LogP contribution in [-0.2, 0) is 4.79 Å². The van der Waals surface area contributed by atoms with Crippen molar-refractivity contribution in [2.45, 2.75) is 24.1 Å². The van der Waals surface area contributed by atoms with Gasteiger partial charge < -0.3 is 0 Å². The Balaban J connectivity index is 3.03. The van der Waals surface area contributed by atoms with Gasteiger partial charge in [0.25, 0.3) is 0 Å². The fourth-order valence-electron chi connectivity index (χ4n) is 1.07. The Labute approximate surface area is 88.5 Å². The molecule has 1 rings (SSSR count). The van der Waals surface area contributed by atoms with E-state index in [1.54, 1.807) is 0 Å². The summed E-state index contributed by atoms with van der Waals surface area (Å²) in [6.07, 6.45) is 0. The van der Waals surface area contributed by atoms with Crippen LogP contribution in [-0.4, -0.2) is 5.78 Å². The minimum Gasteiger partial charge on any atom is -0.298 e. The molecule has 0 spiro atoms. The lowest BCUT2D eigenvalue weighted by molar-refractivity contribution is -0.116. The highest BCUT2D eigenvalue weighted by Crippen LogP contribution is 2.24. The normalized spacial score (nSPS) is 12.6. The SMILES string of the molecule is CC(=O)C(Cl)c1ccc(S)c(C)c1. The van der Waals surface area contributed by atoms with E-state index in [1.165, 1.54) is 6.92 Å². The maximum Gasteiger partial charge on any atom is 0.152 e. The smallest absolute Gasteiger partial charge is 0.152 e. The summed E-state index contributed by atoms with van der Waals surface area (Å²) in [6, 6.07) is 5.57. The molecule has 0 saturated heterocycles. The van der Waals surface area contributed by atoms with Crippen LogP contribution in [0.2, 0.25) is 0 Å². The van der Waals surface area contributed by atoms with Gasteiger partial charge in [-0.1, -0.05) is 12.1 Å². The number of carbonyl (C=O) groups excluding carboxylic acids is 1. The molecular formula is C10H11ClOS. The molecule has 0 aliphatic carbocycles. The maximum atomic E-state index is 11.0. The second-order valence-corrected chi connectivity index (χ2v) is 3.94. The third kappa shape index (κ3) is 2.48. The van der Waals surface area contributed by atoms with Crippen molar-refractivity contribution < 1.29 is 4.79 Å². The van der Waals surface area contributed by atoms with Gasteiger partial charge in [-0.25, -0.2) is 0 Å². The van der Waals surface area contributed by atoms with Gasteiger partial charge in [0.15, 0.2) is 5.78 Å². The number of thiol groups is 1. The molecule has 0 N–H and O–H groups in total. The quantitative estimate of drug-likeness (QED) is 0.591. The number of hydrogen-bond acceptors (Lipinski definition) is 2. The molecule has 1 aromatic rings. The van der Waals surface area contributed by atoms with Crippen molar-refractivity contribution in [2.75, 3.05) is 0 Å². The Morgan fingerprint density at radius 2 is 2.15 bits per heavy atom. The van der Waals surface area contributed by atoms with Gasteiger partial charge in [-0.3, -0.25) is 4.79 Å². The lowest BCUT2D eigenvalue weighted by atomic mass is 10.1. The Morgan fingerprint density at radius 3 is 2.62 bits per heavy atom. The average molecular weight is 215 g/mol. The molecule has 0 fully saturated rings. The van der Waals surface area contributed by atoms with Crippen LogP contribution in [0.15, 0.2) is 23.1 Å². The number of halogens is 1. The van der Waals surface area contributed by atoms with E-state index >= 15 is 0 Å². The zero-order valence-electron chi connectivity index (χ0n) is 7.54. The van der Waals surface area contributed by atoms with E-state index in [2.05, 4.69) is 12.6 Å². The molecule has 1 atom stereocenters. The monoisotopic (exact) mass is 214 g/mol. The summed E-state index contributed by atoms with van der Waals surface area (Å²) in [5.41, 5.74) is 1.87. The molecule has 0 bridgehead atoms. The summed E-state index contributed by atoms with van der Waals surface area (Å²) in [7, 11) is 0. The molecule has 0 aliphatic rings. The molecule has 0 amide bonds. The van der Waals surface area contributed by atoms with Crippen molar-refractivity contribution in [3.63, 3.8) is 0 Å². The molecule has 70 valence electrons. The summed E-state index contributed by atoms with van der Waals surface area (Å²) >= 11 is 10.1. The standard InChI is InChI=1S/C10H11ClOS/c1-6-5-8(3-4-9(6)13)10(11)7(2)12/h3-5,10,13H,1-2H3. The number of hydrogen-bond donors (Lipinski definition) is 1. The first kappa shape index (κ1) is 10.6. The molecule has 0 radical (unpaired) electrons. The molecule has 0 heterocycles. The Bertz CT molecular complexity index is 336. The first-order chi connectivity index (χ1) is 6.02. The highest BCUT2D eigenvalue weighted by molar-refractivity contribution is 7.80. The van der Waals surface area contributed by atoms with Crippen molar-refractivity contribution in [1.29, 1.82) is 0 Å². The lowest BCUT2D eigenvalue weighted by Crippen LogP contribution is -2.01. The number of carbonyl (C=O) groups is 1. The topological polar surface area (TPSA) is 17.1 Å². The Kier molecular flexibility index (Phi) is 3.40. The fourth-order valence-corrected chi connectivity index (χ4v) is 1.35. The minimum atomic E-state index is -0.535. The number of rotatable bonds is 2.